The Hall–Kier alpha value is -1.55. The molecule has 5 heteroatoms. The standard InChI is InChI=1S/C16H14Cl2N2O/c17-11-6-5-10(13(18)9-11)7-8-19-15-12-3-1-2-4-14(12)20-16(15)21/h1-6,9,15,19H,7-8H2,(H,20,21). The fourth-order valence-corrected chi connectivity index (χ4v) is 2.99. The van der Waals surface area contributed by atoms with Crippen LogP contribution in [0.5, 0.6) is 0 Å². The molecule has 1 heterocycles. The normalized spacial score (nSPS) is 16.7. The zero-order valence-electron chi connectivity index (χ0n) is 11.2. The predicted molar refractivity (Wildman–Crippen MR) is 86.0 cm³/mol. The van der Waals surface area contributed by atoms with Crippen LogP contribution in [0.1, 0.15) is 17.2 Å². The van der Waals surface area contributed by atoms with Gasteiger partial charge in [-0.05, 0) is 30.2 Å². The van der Waals surface area contributed by atoms with E-state index in [0.717, 1.165) is 23.2 Å². The summed E-state index contributed by atoms with van der Waals surface area (Å²) in [5, 5.41) is 7.42. The molecular weight excluding hydrogens is 307 g/mol. The van der Waals surface area contributed by atoms with E-state index in [9.17, 15) is 4.79 Å². The minimum absolute atomic E-state index is 0.0154. The van der Waals surface area contributed by atoms with E-state index in [1.165, 1.54) is 0 Å². The fraction of sp³-hybridized carbons (Fsp3) is 0.188. The highest BCUT2D eigenvalue weighted by Crippen LogP contribution is 2.30. The Balaban J connectivity index is 1.64. The Bertz CT molecular complexity index is 688. The van der Waals surface area contributed by atoms with Crippen LogP contribution in [-0.2, 0) is 11.2 Å². The van der Waals surface area contributed by atoms with E-state index in [-0.39, 0.29) is 11.9 Å². The molecule has 0 saturated heterocycles. The Morgan fingerprint density at radius 3 is 2.76 bits per heavy atom. The van der Waals surface area contributed by atoms with Gasteiger partial charge in [0.1, 0.15) is 6.04 Å². The van der Waals surface area contributed by atoms with E-state index in [1.54, 1.807) is 6.07 Å². The SMILES string of the molecule is O=C1Nc2ccccc2C1NCCc1ccc(Cl)cc1Cl. The summed E-state index contributed by atoms with van der Waals surface area (Å²) < 4.78 is 0. The molecule has 0 fully saturated rings. The molecule has 1 atom stereocenters. The molecule has 108 valence electrons. The van der Waals surface area contributed by atoms with Crippen LogP contribution in [0, 0.1) is 0 Å². The quantitative estimate of drug-likeness (QED) is 0.899. The van der Waals surface area contributed by atoms with Gasteiger partial charge in [-0.25, -0.2) is 0 Å². The van der Waals surface area contributed by atoms with Crippen LogP contribution in [0.25, 0.3) is 0 Å². The third kappa shape index (κ3) is 3.05. The number of anilines is 1. The Morgan fingerprint density at radius 2 is 1.95 bits per heavy atom. The second kappa shape index (κ2) is 6.06. The van der Waals surface area contributed by atoms with Crippen LogP contribution < -0.4 is 10.6 Å². The largest absolute Gasteiger partial charge is 0.324 e. The Kier molecular flexibility index (Phi) is 4.15. The number of fused-ring (bicyclic) bond motifs is 1. The number of benzene rings is 2. The first-order chi connectivity index (χ1) is 10.1. The van der Waals surface area contributed by atoms with Crippen LogP contribution in [0.2, 0.25) is 10.0 Å². The lowest BCUT2D eigenvalue weighted by Crippen LogP contribution is -2.29. The molecular formula is C16H14Cl2N2O. The maximum absolute atomic E-state index is 12.0. The summed E-state index contributed by atoms with van der Waals surface area (Å²) in [5.74, 6) is -0.0154. The molecule has 1 unspecified atom stereocenters. The van der Waals surface area contributed by atoms with Crippen molar-refractivity contribution in [1.29, 1.82) is 0 Å². The number of halogens is 2. The third-order valence-electron chi connectivity index (χ3n) is 3.55. The second-order valence-electron chi connectivity index (χ2n) is 4.95. The number of nitrogens with one attached hydrogen (secondary N) is 2. The molecule has 2 N–H and O–H groups in total. The molecule has 0 aliphatic carbocycles. The van der Waals surface area contributed by atoms with Gasteiger partial charge in [0.05, 0.1) is 0 Å². The summed E-state index contributed by atoms with van der Waals surface area (Å²) in [7, 11) is 0. The van der Waals surface area contributed by atoms with E-state index in [0.29, 0.717) is 16.6 Å². The third-order valence-corrected chi connectivity index (χ3v) is 4.14. The topological polar surface area (TPSA) is 41.1 Å². The van der Waals surface area contributed by atoms with Gasteiger partial charge in [0.2, 0.25) is 5.91 Å². The number of carbonyl (C=O) groups is 1. The summed E-state index contributed by atoms with van der Waals surface area (Å²) >= 11 is 12.0. The zero-order chi connectivity index (χ0) is 14.8. The van der Waals surface area contributed by atoms with Gasteiger partial charge in [0.25, 0.3) is 0 Å². The van der Waals surface area contributed by atoms with Crippen molar-refractivity contribution >= 4 is 34.8 Å². The highest BCUT2D eigenvalue weighted by molar-refractivity contribution is 6.35. The zero-order valence-corrected chi connectivity index (χ0v) is 12.7. The second-order valence-corrected chi connectivity index (χ2v) is 5.79. The fourth-order valence-electron chi connectivity index (χ4n) is 2.49. The molecule has 0 aromatic heterocycles. The average Bonchev–Trinajstić information content (AvgIpc) is 2.77. The highest BCUT2D eigenvalue weighted by Gasteiger charge is 2.29. The number of para-hydroxylation sites is 1. The summed E-state index contributed by atoms with van der Waals surface area (Å²) in [6.07, 6.45) is 0.738. The summed E-state index contributed by atoms with van der Waals surface area (Å²) in [5.41, 5.74) is 2.88. The van der Waals surface area contributed by atoms with Crippen molar-refractivity contribution in [3.05, 3.63) is 63.6 Å². The molecule has 1 aliphatic rings. The van der Waals surface area contributed by atoms with Gasteiger partial charge in [-0.3, -0.25) is 4.79 Å². The summed E-state index contributed by atoms with van der Waals surface area (Å²) in [6.45, 7) is 0.660. The molecule has 3 rings (SSSR count). The van der Waals surface area contributed by atoms with E-state index < -0.39 is 0 Å². The van der Waals surface area contributed by atoms with Gasteiger partial charge in [0, 0.05) is 27.8 Å². The molecule has 0 saturated carbocycles. The minimum Gasteiger partial charge on any atom is -0.324 e. The summed E-state index contributed by atoms with van der Waals surface area (Å²) in [4.78, 5) is 12.0. The van der Waals surface area contributed by atoms with Crippen molar-refractivity contribution in [2.75, 3.05) is 11.9 Å². The van der Waals surface area contributed by atoms with Gasteiger partial charge in [0.15, 0.2) is 0 Å². The molecule has 2 aromatic rings. The molecule has 0 spiro atoms. The molecule has 0 radical (unpaired) electrons. The molecule has 1 amide bonds. The summed E-state index contributed by atoms with van der Waals surface area (Å²) in [6, 6.07) is 12.9. The van der Waals surface area contributed by atoms with Gasteiger partial charge < -0.3 is 10.6 Å². The van der Waals surface area contributed by atoms with Crippen molar-refractivity contribution in [2.24, 2.45) is 0 Å². The average molecular weight is 321 g/mol. The van der Waals surface area contributed by atoms with Crippen molar-refractivity contribution < 1.29 is 4.79 Å². The van der Waals surface area contributed by atoms with Crippen molar-refractivity contribution in [3.8, 4) is 0 Å². The first-order valence-corrected chi connectivity index (χ1v) is 7.48. The molecule has 0 bridgehead atoms. The predicted octanol–water partition coefficient (Wildman–Crippen LogP) is 3.82. The van der Waals surface area contributed by atoms with Crippen LogP contribution in [-0.4, -0.2) is 12.5 Å². The lowest BCUT2D eigenvalue weighted by atomic mass is 10.1. The van der Waals surface area contributed by atoms with Crippen LogP contribution in [0.3, 0.4) is 0 Å². The smallest absolute Gasteiger partial charge is 0.246 e. The van der Waals surface area contributed by atoms with Crippen LogP contribution in [0.15, 0.2) is 42.5 Å². The monoisotopic (exact) mass is 320 g/mol. The van der Waals surface area contributed by atoms with Gasteiger partial charge in [-0.15, -0.1) is 0 Å². The maximum Gasteiger partial charge on any atom is 0.246 e. The minimum atomic E-state index is -0.299. The number of hydrogen-bond acceptors (Lipinski definition) is 2. The van der Waals surface area contributed by atoms with Gasteiger partial charge in [-0.2, -0.15) is 0 Å². The lowest BCUT2D eigenvalue weighted by Gasteiger charge is -2.12. The number of rotatable bonds is 4. The lowest BCUT2D eigenvalue weighted by molar-refractivity contribution is -0.117. The number of hydrogen-bond donors (Lipinski definition) is 2. The van der Waals surface area contributed by atoms with Crippen LogP contribution in [0.4, 0.5) is 5.69 Å². The highest BCUT2D eigenvalue weighted by atomic mass is 35.5. The molecule has 1 aliphatic heterocycles. The van der Waals surface area contributed by atoms with Crippen molar-refractivity contribution in [3.63, 3.8) is 0 Å². The molecule has 3 nitrogen and oxygen atoms in total. The van der Waals surface area contributed by atoms with E-state index in [1.807, 2.05) is 36.4 Å². The van der Waals surface area contributed by atoms with Crippen LogP contribution >= 0.6 is 23.2 Å². The van der Waals surface area contributed by atoms with Gasteiger partial charge in [-0.1, -0.05) is 47.5 Å². The Morgan fingerprint density at radius 1 is 1.14 bits per heavy atom. The van der Waals surface area contributed by atoms with E-state index in [2.05, 4.69) is 10.6 Å². The maximum atomic E-state index is 12.0. The molecule has 21 heavy (non-hydrogen) atoms. The molecule has 2 aromatic carbocycles. The Labute approximate surface area is 133 Å². The first-order valence-electron chi connectivity index (χ1n) is 6.72. The van der Waals surface area contributed by atoms with E-state index >= 15 is 0 Å². The van der Waals surface area contributed by atoms with Crippen molar-refractivity contribution in [1.82, 2.24) is 5.32 Å². The first kappa shape index (κ1) is 14.4. The van der Waals surface area contributed by atoms with Gasteiger partial charge >= 0.3 is 0 Å². The van der Waals surface area contributed by atoms with Crippen molar-refractivity contribution in [2.45, 2.75) is 12.5 Å². The van der Waals surface area contributed by atoms with E-state index in [4.69, 9.17) is 23.2 Å². The number of amides is 1. The number of carbonyl (C=O) groups excluding carboxylic acids is 1.